The molecule has 172 valence electrons. The molecule has 1 fully saturated rings. The normalized spacial score (nSPS) is 14.2. The number of nitrogens with one attached hydrogen (secondary N) is 2. The van der Waals surface area contributed by atoms with E-state index in [0.717, 1.165) is 56.3 Å². The van der Waals surface area contributed by atoms with Crippen molar-refractivity contribution >= 4 is 11.6 Å². The maximum atomic E-state index is 14.5. The van der Waals surface area contributed by atoms with Gasteiger partial charge in [0.05, 0.1) is 5.69 Å². The quantitative estimate of drug-likeness (QED) is 0.383. The van der Waals surface area contributed by atoms with Crippen molar-refractivity contribution in [1.29, 1.82) is 0 Å². The summed E-state index contributed by atoms with van der Waals surface area (Å²) in [6.45, 7) is 3.93. The number of unbranched alkanes of at least 4 members (excludes halogenated alkanes) is 1. The number of amides is 1. The summed E-state index contributed by atoms with van der Waals surface area (Å²) < 4.78 is 14.5. The molecule has 1 aliphatic rings. The Balaban J connectivity index is 1.26. The third-order valence-corrected chi connectivity index (χ3v) is 6.59. The number of aryl methyl sites for hydroxylation is 2. The third kappa shape index (κ3) is 6.29. The molecule has 4 rings (SSSR count). The van der Waals surface area contributed by atoms with Gasteiger partial charge in [0.25, 0.3) is 0 Å². The molecule has 1 aliphatic heterocycles. The lowest BCUT2D eigenvalue weighted by atomic mass is 9.87. The van der Waals surface area contributed by atoms with Crippen LogP contribution in [-0.4, -0.2) is 19.0 Å². The number of hydrogen-bond donors (Lipinski definition) is 2. The number of anilines is 1. The minimum Gasteiger partial charge on any atom is -0.324 e. The van der Waals surface area contributed by atoms with Gasteiger partial charge >= 0.3 is 0 Å². The van der Waals surface area contributed by atoms with Crippen molar-refractivity contribution in [2.45, 2.75) is 51.4 Å². The molecule has 0 radical (unpaired) electrons. The highest BCUT2D eigenvalue weighted by Gasteiger charge is 2.19. The highest BCUT2D eigenvalue weighted by molar-refractivity contribution is 5.91. The average molecular weight is 445 g/mol. The van der Waals surface area contributed by atoms with Gasteiger partial charge in [-0.05, 0) is 98.0 Å². The molecule has 0 unspecified atom stereocenters. The number of hydrogen-bond acceptors (Lipinski definition) is 2. The van der Waals surface area contributed by atoms with Crippen LogP contribution in [-0.2, 0) is 11.2 Å². The molecule has 3 aromatic rings. The molecule has 0 bridgehead atoms. The number of halogens is 1. The smallest absolute Gasteiger partial charge is 0.224 e. The van der Waals surface area contributed by atoms with Gasteiger partial charge in [-0.1, -0.05) is 54.6 Å². The summed E-state index contributed by atoms with van der Waals surface area (Å²) >= 11 is 0. The zero-order valence-electron chi connectivity index (χ0n) is 19.4. The Hall–Kier alpha value is -2.98. The van der Waals surface area contributed by atoms with Gasteiger partial charge in [-0.25, -0.2) is 4.39 Å². The van der Waals surface area contributed by atoms with E-state index in [1.807, 2.05) is 31.2 Å². The van der Waals surface area contributed by atoms with Crippen LogP contribution in [0.25, 0.3) is 11.1 Å². The summed E-state index contributed by atoms with van der Waals surface area (Å²) in [5.41, 5.74) is 6.14. The topological polar surface area (TPSA) is 41.1 Å². The van der Waals surface area contributed by atoms with Gasteiger partial charge in [0, 0.05) is 6.42 Å². The zero-order chi connectivity index (χ0) is 23.0. The molecular formula is C29H33FN2O. The lowest BCUT2D eigenvalue weighted by molar-refractivity contribution is -0.116. The van der Waals surface area contributed by atoms with Crippen LogP contribution in [0.3, 0.4) is 0 Å². The van der Waals surface area contributed by atoms with Gasteiger partial charge in [0.1, 0.15) is 5.82 Å². The molecule has 4 heteroatoms. The van der Waals surface area contributed by atoms with Crippen molar-refractivity contribution in [3.8, 4) is 11.1 Å². The Morgan fingerprint density at radius 2 is 1.67 bits per heavy atom. The number of piperidine rings is 1. The summed E-state index contributed by atoms with van der Waals surface area (Å²) in [6, 6.07) is 22.4. The molecule has 0 spiro atoms. The average Bonchev–Trinajstić information content (AvgIpc) is 2.85. The fourth-order valence-electron chi connectivity index (χ4n) is 4.68. The Kier molecular flexibility index (Phi) is 7.90. The maximum Gasteiger partial charge on any atom is 0.224 e. The summed E-state index contributed by atoms with van der Waals surface area (Å²) in [4.78, 5) is 12.5. The first-order chi connectivity index (χ1) is 16.1. The molecule has 0 saturated carbocycles. The van der Waals surface area contributed by atoms with Crippen LogP contribution >= 0.6 is 0 Å². The minimum absolute atomic E-state index is 0.117. The van der Waals surface area contributed by atoms with E-state index in [2.05, 4.69) is 47.0 Å². The van der Waals surface area contributed by atoms with Crippen LogP contribution in [0, 0.1) is 12.7 Å². The molecule has 2 N–H and O–H groups in total. The molecule has 3 nitrogen and oxygen atoms in total. The lowest BCUT2D eigenvalue weighted by Crippen LogP contribution is -2.27. The third-order valence-electron chi connectivity index (χ3n) is 6.59. The molecule has 1 heterocycles. The number of carbonyl (C=O) groups is 1. The van der Waals surface area contributed by atoms with E-state index < -0.39 is 0 Å². The van der Waals surface area contributed by atoms with Gasteiger partial charge in [-0.3, -0.25) is 4.79 Å². The summed E-state index contributed by atoms with van der Waals surface area (Å²) in [5, 5.41) is 6.18. The summed E-state index contributed by atoms with van der Waals surface area (Å²) in [7, 11) is 0. The highest BCUT2D eigenvalue weighted by atomic mass is 19.1. The monoisotopic (exact) mass is 444 g/mol. The Morgan fingerprint density at radius 3 is 2.39 bits per heavy atom. The van der Waals surface area contributed by atoms with Gasteiger partial charge in [0.2, 0.25) is 5.91 Å². The van der Waals surface area contributed by atoms with Crippen molar-refractivity contribution in [2.24, 2.45) is 0 Å². The van der Waals surface area contributed by atoms with Gasteiger partial charge in [-0.2, -0.15) is 0 Å². The minimum atomic E-state index is -0.350. The van der Waals surface area contributed by atoms with Crippen molar-refractivity contribution in [2.75, 3.05) is 18.4 Å². The van der Waals surface area contributed by atoms with Crippen molar-refractivity contribution < 1.29 is 9.18 Å². The van der Waals surface area contributed by atoms with Crippen molar-refractivity contribution in [1.82, 2.24) is 5.32 Å². The second-order valence-corrected chi connectivity index (χ2v) is 9.03. The van der Waals surface area contributed by atoms with E-state index in [1.54, 1.807) is 6.07 Å². The Labute approximate surface area is 196 Å². The predicted octanol–water partition coefficient (Wildman–Crippen LogP) is 6.62. The van der Waals surface area contributed by atoms with E-state index >= 15 is 0 Å². The van der Waals surface area contributed by atoms with E-state index in [0.29, 0.717) is 18.0 Å². The zero-order valence-corrected chi connectivity index (χ0v) is 19.4. The Bertz CT molecular complexity index is 1060. The maximum absolute atomic E-state index is 14.5. The molecule has 3 aromatic carbocycles. The first-order valence-electron chi connectivity index (χ1n) is 12.0. The van der Waals surface area contributed by atoms with Crippen molar-refractivity contribution in [3.63, 3.8) is 0 Å². The number of benzene rings is 3. The lowest BCUT2D eigenvalue weighted by Gasteiger charge is -2.25. The molecular weight excluding hydrogens is 411 g/mol. The molecule has 0 aromatic heterocycles. The predicted molar refractivity (Wildman–Crippen MR) is 134 cm³/mol. The van der Waals surface area contributed by atoms with Gasteiger partial charge in [0.15, 0.2) is 0 Å². The Morgan fingerprint density at radius 1 is 0.970 bits per heavy atom. The SMILES string of the molecule is Cc1cc(F)c(NC(=O)CCCCc2ccc(-c3ccccc3)cc2)cc1C1CCNCC1. The standard InChI is InChI=1S/C29H33FN2O/c1-21-19-27(30)28(20-26(21)25-15-17-31-18-16-25)32-29(33)10-6-5-7-22-11-13-24(14-12-22)23-8-3-2-4-9-23/h2-4,8-9,11-14,19-20,25,31H,5-7,10,15-18H2,1H3,(H,32,33). The molecule has 33 heavy (non-hydrogen) atoms. The van der Waals surface area contributed by atoms with Crippen LogP contribution in [0.5, 0.6) is 0 Å². The second-order valence-electron chi connectivity index (χ2n) is 9.03. The van der Waals surface area contributed by atoms with Crippen LogP contribution in [0.2, 0.25) is 0 Å². The second kappa shape index (κ2) is 11.2. The first-order valence-corrected chi connectivity index (χ1v) is 12.0. The van der Waals surface area contributed by atoms with E-state index in [9.17, 15) is 9.18 Å². The van der Waals surface area contributed by atoms with Gasteiger partial charge < -0.3 is 10.6 Å². The van der Waals surface area contributed by atoms with E-state index in [1.165, 1.54) is 16.7 Å². The van der Waals surface area contributed by atoms with Crippen molar-refractivity contribution in [3.05, 3.63) is 89.2 Å². The number of rotatable bonds is 8. The molecule has 1 amide bonds. The van der Waals surface area contributed by atoms with Crippen LogP contribution in [0.15, 0.2) is 66.7 Å². The van der Waals surface area contributed by atoms with E-state index in [4.69, 9.17) is 0 Å². The van der Waals surface area contributed by atoms with Crippen LogP contribution in [0.4, 0.5) is 10.1 Å². The largest absolute Gasteiger partial charge is 0.324 e. The van der Waals surface area contributed by atoms with Gasteiger partial charge in [-0.15, -0.1) is 0 Å². The molecule has 0 aliphatic carbocycles. The van der Waals surface area contributed by atoms with E-state index in [-0.39, 0.29) is 11.7 Å². The summed E-state index contributed by atoms with van der Waals surface area (Å²) in [5.74, 6) is -0.0405. The molecule has 0 atom stereocenters. The fraction of sp³-hybridized carbons (Fsp3) is 0.345. The first kappa shape index (κ1) is 23.2. The van der Waals surface area contributed by atoms with Crippen LogP contribution < -0.4 is 10.6 Å². The fourth-order valence-corrected chi connectivity index (χ4v) is 4.68. The highest BCUT2D eigenvalue weighted by Crippen LogP contribution is 2.31. The van der Waals surface area contributed by atoms with Crippen LogP contribution in [0.1, 0.15) is 54.7 Å². The molecule has 1 saturated heterocycles. The summed E-state index contributed by atoms with van der Waals surface area (Å²) in [6.07, 6.45) is 5.13. The number of carbonyl (C=O) groups excluding carboxylic acids is 1.